The van der Waals surface area contributed by atoms with E-state index in [1.165, 1.54) is 12.1 Å². The number of carboxylic acid groups (broad SMARTS) is 1. The average Bonchev–Trinajstić information content (AvgIpc) is 2.69. The smallest absolute Gasteiger partial charge is 0.336 e. The number of carbonyl (C=O) groups is 1. The highest BCUT2D eigenvalue weighted by Gasteiger charge is 2.16. The molecular weight excluding hydrogens is 235 g/mol. The first-order valence-electron chi connectivity index (χ1n) is 5.60. The monoisotopic (exact) mass is 248 g/mol. The number of aryl methyl sites for hydroxylation is 1. The van der Waals surface area contributed by atoms with E-state index < -0.39 is 11.8 Å². The molecule has 0 aliphatic heterocycles. The normalized spacial score (nSPS) is 10.6. The Morgan fingerprint density at radius 3 is 2.72 bits per heavy atom. The molecule has 1 aromatic heterocycles. The lowest BCUT2D eigenvalue weighted by molar-refractivity contribution is 0.0697. The molecule has 0 saturated heterocycles. The van der Waals surface area contributed by atoms with E-state index in [1.807, 2.05) is 13.8 Å². The third-order valence-corrected chi connectivity index (χ3v) is 2.90. The molecule has 1 aromatic carbocycles. The molecule has 2 rings (SSSR count). The van der Waals surface area contributed by atoms with Gasteiger partial charge in [-0.2, -0.15) is 5.10 Å². The first-order valence-corrected chi connectivity index (χ1v) is 5.60. The van der Waals surface area contributed by atoms with Gasteiger partial charge in [-0.15, -0.1) is 0 Å². The van der Waals surface area contributed by atoms with Crippen LogP contribution >= 0.6 is 0 Å². The lowest BCUT2D eigenvalue weighted by Crippen LogP contribution is -2.02. The minimum Gasteiger partial charge on any atom is -0.478 e. The Balaban J connectivity index is 2.65. The number of halogens is 1. The van der Waals surface area contributed by atoms with Crippen LogP contribution in [0.4, 0.5) is 4.39 Å². The van der Waals surface area contributed by atoms with Gasteiger partial charge in [-0.3, -0.25) is 4.68 Å². The molecule has 5 heteroatoms. The molecule has 0 unspecified atom stereocenters. The summed E-state index contributed by atoms with van der Waals surface area (Å²) in [5.74, 6) is -1.53. The van der Waals surface area contributed by atoms with Gasteiger partial charge in [-0.1, -0.05) is 0 Å². The summed E-state index contributed by atoms with van der Waals surface area (Å²) in [4.78, 5) is 11.1. The SMILES string of the molecule is CCn1ncc(-c2cc(F)ccc2C(=O)O)c1C. The molecule has 4 nitrogen and oxygen atoms in total. The van der Waals surface area contributed by atoms with Crippen LogP contribution in [0.2, 0.25) is 0 Å². The number of carboxylic acids is 1. The van der Waals surface area contributed by atoms with Crippen LogP contribution in [0.25, 0.3) is 11.1 Å². The van der Waals surface area contributed by atoms with Crippen LogP contribution in [-0.4, -0.2) is 20.9 Å². The van der Waals surface area contributed by atoms with Crippen molar-refractivity contribution in [2.24, 2.45) is 0 Å². The molecule has 0 saturated carbocycles. The number of hydrogen-bond donors (Lipinski definition) is 1. The van der Waals surface area contributed by atoms with Crippen LogP contribution in [-0.2, 0) is 6.54 Å². The van der Waals surface area contributed by atoms with E-state index in [4.69, 9.17) is 5.11 Å². The highest BCUT2D eigenvalue weighted by Crippen LogP contribution is 2.27. The average molecular weight is 248 g/mol. The lowest BCUT2D eigenvalue weighted by Gasteiger charge is -2.06. The zero-order chi connectivity index (χ0) is 13.3. The van der Waals surface area contributed by atoms with Gasteiger partial charge in [0.2, 0.25) is 0 Å². The molecule has 1 N–H and O–H groups in total. The molecule has 0 spiro atoms. The van der Waals surface area contributed by atoms with E-state index in [9.17, 15) is 9.18 Å². The fourth-order valence-electron chi connectivity index (χ4n) is 1.96. The molecule has 0 aliphatic carbocycles. The molecule has 18 heavy (non-hydrogen) atoms. The van der Waals surface area contributed by atoms with Crippen LogP contribution in [0, 0.1) is 12.7 Å². The number of benzene rings is 1. The maximum atomic E-state index is 13.3. The number of aromatic nitrogens is 2. The summed E-state index contributed by atoms with van der Waals surface area (Å²) in [7, 11) is 0. The molecule has 0 atom stereocenters. The van der Waals surface area contributed by atoms with Gasteiger partial charge >= 0.3 is 5.97 Å². The van der Waals surface area contributed by atoms with Crippen molar-refractivity contribution in [2.75, 3.05) is 0 Å². The summed E-state index contributed by atoms with van der Waals surface area (Å²) in [5, 5.41) is 13.3. The lowest BCUT2D eigenvalue weighted by atomic mass is 10.0. The Bertz CT molecular complexity index is 605. The third kappa shape index (κ3) is 1.99. The molecule has 0 bridgehead atoms. The van der Waals surface area contributed by atoms with Crippen LogP contribution in [0.3, 0.4) is 0 Å². The highest BCUT2D eigenvalue weighted by atomic mass is 19.1. The number of rotatable bonds is 3. The summed E-state index contributed by atoms with van der Waals surface area (Å²) in [5.41, 5.74) is 1.91. The van der Waals surface area contributed by atoms with Gasteiger partial charge in [-0.25, -0.2) is 9.18 Å². The number of hydrogen-bond acceptors (Lipinski definition) is 2. The van der Waals surface area contributed by atoms with Crippen LogP contribution in [0.15, 0.2) is 24.4 Å². The summed E-state index contributed by atoms with van der Waals surface area (Å²) < 4.78 is 15.0. The molecule has 94 valence electrons. The summed E-state index contributed by atoms with van der Waals surface area (Å²) >= 11 is 0. The molecule has 2 aromatic rings. The number of aromatic carboxylic acids is 1. The predicted octanol–water partition coefficient (Wildman–Crippen LogP) is 2.72. The van der Waals surface area contributed by atoms with E-state index >= 15 is 0 Å². The third-order valence-electron chi connectivity index (χ3n) is 2.90. The Morgan fingerprint density at radius 1 is 1.44 bits per heavy atom. The van der Waals surface area contributed by atoms with Gasteiger partial charge in [0.25, 0.3) is 0 Å². The summed E-state index contributed by atoms with van der Waals surface area (Å²) in [6, 6.07) is 3.65. The van der Waals surface area contributed by atoms with Crippen LogP contribution < -0.4 is 0 Å². The minimum atomic E-state index is -1.08. The van der Waals surface area contributed by atoms with Gasteiger partial charge in [0.15, 0.2) is 0 Å². The molecule has 1 heterocycles. The zero-order valence-electron chi connectivity index (χ0n) is 10.1. The molecule has 0 amide bonds. The highest BCUT2D eigenvalue weighted by molar-refractivity contribution is 5.96. The Hall–Kier alpha value is -2.17. The second kappa shape index (κ2) is 4.60. The van der Waals surface area contributed by atoms with E-state index in [0.29, 0.717) is 17.7 Å². The van der Waals surface area contributed by atoms with Gasteiger partial charge in [0.1, 0.15) is 5.82 Å². The van der Waals surface area contributed by atoms with Crippen molar-refractivity contribution in [1.29, 1.82) is 0 Å². The van der Waals surface area contributed by atoms with Gasteiger partial charge < -0.3 is 5.11 Å². The molecular formula is C13H13FN2O2. The van der Waals surface area contributed by atoms with Crippen molar-refractivity contribution < 1.29 is 14.3 Å². The van der Waals surface area contributed by atoms with Crippen molar-refractivity contribution in [1.82, 2.24) is 9.78 Å². The summed E-state index contributed by atoms with van der Waals surface area (Å²) in [6.07, 6.45) is 1.57. The molecule has 0 aliphatic rings. The van der Waals surface area contributed by atoms with Crippen molar-refractivity contribution >= 4 is 5.97 Å². The topological polar surface area (TPSA) is 55.1 Å². The van der Waals surface area contributed by atoms with Crippen molar-refractivity contribution in [3.05, 3.63) is 41.5 Å². The maximum Gasteiger partial charge on any atom is 0.336 e. The fraction of sp³-hybridized carbons (Fsp3) is 0.231. The zero-order valence-corrected chi connectivity index (χ0v) is 10.1. The van der Waals surface area contributed by atoms with Gasteiger partial charge in [-0.05, 0) is 32.0 Å². The van der Waals surface area contributed by atoms with E-state index in [0.717, 1.165) is 11.8 Å². The largest absolute Gasteiger partial charge is 0.478 e. The van der Waals surface area contributed by atoms with Crippen molar-refractivity contribution in [3.63, 3.8) is 0 Å². The Kier molecular flexibility index (Phi) is 3.14. The van der Waals surface area contributed by atoms with Crippen molar-refractivity contribution in [2.45, 2.75) is 20.4 Å². The van der Waals surface area contributed by atoms with E-state index in [1.54, 1.807) is 10.9 Å². The molecule has 0 radical (unpaired) electrons. The number of nitrogens with zero attached hydrogens (tertiary/aromatic N) is 2. The fourth-order valence-corrected chi connectivity index (χ4v) is 1.96. The second-order valence-electron chi connectivity index (χ2n) is 3.95. The van der Waals surface area contributed by atoms with Gasteiger partial charge in [0, 0.05) is 23.4 Å². The predicted molar refractivity (Wildman–Crippen MR) is 65.0 cm³/mol. The van der Waals surface area contributed by atoms with Crippen molar-refractivity contribution in [3.8, 4) is 11.1 Å². The second-order valence-corrected chi connectivity index (χ2v) is 3.95. The maximum absolute atomic E-state index is 13.3. The Labute approximate surface area is 104 Å². The minimum absolute atomic E-state index is 0.0788. The van der Waals surface area contributed by atoms with Crippen LogP contribution in [0.1, 0.15) is 23.0 Å². The van der Waals surface area contributed by atoms with E-state index in [-0.39, 0.29) is 5.56 Å². The van der Waals surface area contributed by atoms with E-state index in [2.05, 4.69) is 5.10 Å². The first kappa shape index (κ1) is 12.3. The molecule has 0 fully saturated rings. The summed E-state index contributed by atoms with van der Waals surface area (Å²) in [6.45, 7) is 4.46. The standard InChI is InChI=1S/C13H13FN2O2/c1-3-16-8(2)12(7-15-16)11-6-9(14)4-5-10(11)13(17)18/h4-7H,3H2,1-2H3,(H,17,18). The quantitative estimate of drug-likeness (QED) is 0.908. The van der Waals surface area contributed by atoms with Gasteiger partial charge in [0.05, 0.1) is 11.8 Å². The first-order chi connectivity index (χ1) is 8.54. The Morgan fingerprint density at radius 2 is 2.17 bits per heavy atom. The van der Waals surface area contributed by atoms with Crippen LogP contribution in [0.5, 0.6) is 0 Å².